The minimum atomic E-state index is 0.751. The molecule has 4 heteroatoms. The fourth-order valence-corrected chi connectivity index (χ4v) is 2.86. The highest BCUT2D eigenvalue weighted by Gasteiger charge is 2.19. The Kier molecular flexibility index (Phi) is 4.62. The molecule has 0 unspecified atom stereocenters. The van der Waals surface area contributed by atoms with Gasteiger partial charge in [0, 0.05) is 30.7 Å². The predicted octanol–water partition coefficient (Wildman–Crippen LogP) is 2.85. The average Bonchev–Trinajstić information content (AvgIpc) is 2.40. The first-order valence-corrected chi connectivity index (χ1v) is 7.21. The molecule has 0 N–H and O–H groups in total. The summed E-state index contributed by atoms with van der Waals surface area (Å²) >= 11 is 3.45. The number of nitriles is 1. The molecule has 96 valence electrons. The van der Waals surface area contributed by atoms with Crippen molar-refractivity contribution >= 4 is 21.6 Å². The van der Waals surface area contributed by atoms with E-state index in [0.29, 0.717) is 0 Å². The third kappa shape index (κ3) is 2.85. The molecule has 1 fully saturated rings. The number of hydrogen-bond acceptors (Lipinski definition) is 3. The maximum atomic E-state index is 9.25. The largest absolute Gasteiger partial charge is 0.368 e. The first kappa shape index (κ1) is 13.4. The lowest BCUT2D eigenvalue weighted by atomic mass is 10.1. The summed E-state index contributed by atoms with van der Waals surface area (Å²) in [5, 5.41) is 9.25. The summed E-state index contributed by atoms with van der Waals surface area (Å²) in [6, 6.07) is 8.26. The SMILES string of the molecule is CCCN1CCN(c2cccc(Br)c2C#N)CC1. The van der Waals surface area contributed by atoms with Crippen LogP contribution in [0.3, 0.4) is 0 Å². The van der Waals surface area contributed by atoms with Crippen molar-refractivity contribution in [2.45, 2.75) is 13.3 Å². The highest BCUT2D eigenvalue weighted by atomic mass is 79.9. The van der Waals surface area contributed by atoms with Gasteiger partial charge in [0.15, 0.2) is 0 Å². The number of halogens is 1. The first-order chi connectivity index (χ1) is 8.76. The lowest BCUT2D eigenvalue weighted by Crippen LogP contribution is -2.46. The van der Waals surface area contributed by atoms with Gasteiger partial charge in [-0.15, -0.1) is 0 Å². The topological polar surface area (TPSA) is 30.3 Å². The zero-order valence-electron chi connectivity index (χ0n) is 10.7. The zero-order valence-corrected chi connectivity index (χ0v) is 12.3. The lowest BCUT2D eigenvalue weighted by molar-refractivity contribution is 0.258. The molecule has 0 radical (unpaired) electrons. The van der Waals surface area contributed by atoms with Crippen molar-refractivity contribution in [3.05, 3.63) is 28.2 Å². The summed E-state index contributed by atoms with van der Waals surface area (Å²) in [6.45, 7) is 7.58. The van der Waals surface area contributed by atoms with Gasteiger partial charge < -0.3 is 4.90 Å². The van der Waals surface area contributed by atoms with Crippen LogP contribution in [0.5, 0.6) is 0 Å². The molecule has 1 aliphatic rings. The molecule has 0 atom stereocenters. The maximum absolute atomic E-state index is 9.25. The van der Waals surface area contributed by atoms with Crippen molar-refractivity contribution in [3.8, 4) is 6.07 Å². The normalized spacial score (nSPS) is 16.6. The summed E-state index contributed by atoms with van der Waals surface area (Å²) in [4.78, 5) is 4.80. The van der Waals surface area contributed by atoms with E-state index in [4.69, 9.17) is 0 Å². The van der Waals surface area contributed by atoms with Crippen molar-refractivity contribution in [1.82, 2.24) is 4.90 Å². The summed E-state index contributed by atoms with van der Waals surface area (Å²) in [7, 11) is 0. The van der Waals surface area contributed by atoms with Crippen LogP contribution in [0.25, 0.3) is 0 Å². The Hall–Kier alpha value is -1.05. The Morgan fingerprint density at radius 3 is 2.61 bits per heavy atom. The molecular formula is C14H18BrN3. The van der Waals surface area contributed by atoms with Crippen molar-refractivity contribution in [1.29, 1.82) is 5.26 Å². The quantitative estimate of drug-likeness (QED) is 0.860. The number of anilines is 1. The molecule has 0 amide bonds. The molecule has 3 nitrogen and oxygen atoms in total. The number of rotatable bonds is 3. The monoisotopic (exact) mass is 307 g/mol. The molecular weight excluding hydrogens is 290 g/mol. The van der Waals surface area contributed by atoms with Crippen molar-refractivity contribution in [3.63, 3.8) is 0 Å². The standard InChI is InChI=1S/C14H18BrN3/c1-2-6-17-7-9-18(10-8-17)14-5-3-4-13(15)12(14)11-16/h3-5H,2,6-10H2,1H3. The Balaban J connectivity index is 2.10. The second-order valence-corrected chi connectivity index (χ2v) is 5.43. The number of benzene rings is 1. The van der Waals surface area contributed by atoms with Crippen molar-refractivity contribution < 1.29 is 0 Å². The van der Waals surface area contributed by atoms with Crippen LogP contribution in [0.15, 0.2) is 22.7 Å². The molecule has 0 aliphatic carbocycles. The van der Waals surface area contributed by atoms with Gasteiger partial charge in [0.05, 0.1) is 11.3 Å². The van der Waals surface area contributed by atoms with Crippen LogP contribution < -0.4 is 4.90 Å². The van der Waals surface area contributed by atoms with Crippen LogP contribution in [0.1, 0.15) is 18.9 Å². The van der Waals surface area contributed by atoms with Crippen LogP contribution in [0.2, 0.25) is 0 Å². The Labute approximate surface area is 117 Å². The fourth-order valence-electron chi connectivity index (χ4n) is 2.42. The van der Waals surface area contributed by atoms with E-state index in [-0.39, 0.29) is 0 Å². The molecule has 18 heavy (non-hydrogen) atoms. The van der Waals surface area contributed by atoms with E-state index in [2.05, 4.69) is 38.7 Å². The molecule has 2 rings (SSSR count). The van der Waals surface area contributed by atoms with Crippen LogP contribution in [-0.4, -0.2) is 37.6 Å². The number of hydrogen-bond donors (Lipinski definition) is 0. The third-order valence-electron chi connectivity index (χ3n) is 3.36. The van der Waals surface area contributed by atoms with E-state index in [0.717, 1.165) is 41.9 Å². The first-order valence-electron chi connectivity index (χ1n) is 6.42. The van der Waals surface area contributed by atoms with Crippen molar-refractivity contribution in [2.24, 2.45) is 0 Å². The van der Waals surface area contributed by atoms with Gasteiger partial charge in [0.2, 0.25) is 0 Å². The van der Waals surface area contributed by atoms with Crippen molar-refractivity contribution in [2.75, 3.05) is 37.6 Å². The highest BCUT2D eigenvalue weighted by molar-refractivity contribution is 9.10. The molecule has 1 aromatic rings. The Morgan fingerprint density at radius 2 is 2.00 bits per heavy atom. The van der Waals surface area contributed by atoms with E-state index in [1.54, 1.807) is 0 Å². The third-order valence-corrected chi connectivity index (χ3v) is 4.02. The minimum Gasteiger partial charge on any atom is -0.368 e. The predicted molar refractivity (Wildman–Crippen MR) is 77.8 cm³/mol. The minimum absolute atomic E-state index is 0.751. The van der Waals surface area contributed by atoms with Gasteiger partial charge in [0.1, 0.15) is 6.07 Å². The Morgan fingerprint density at radius 1 is 1.28 bits per heavy atom. The fraction of sp³-hybridized carbons (Fsp3) is 0.500. The maximum Gasteiger partial charge on any atom is 0.103 e. The molecule has 0 aromatic heterocycles. The molecule has 1 heterocycles. The van der Waals surface area contributed by atoms with Gasteiger partial charge in [-0.2, -0.15) is 5.26 Å². The highest BCUT2D eigenvalue weighted by Crippen LogP contribution is 2.27. The van der Waals surface area contributed by atoms with Gasteiger partial charge >= 0.3 is 0 Å². The number of piperazine rings is 1. The zero-order chi connectivity index (χ0) is 13.0. The van der Waals surface area contributed by atoms with E-state index in [1.807, 2.05) is 18.2 Å². The Bertz CT molecular complexity index is 445. The second kappa shape index (κ2) is 6.21. The molecule has 0 bridgehead atoms. The van der Waals surface area contributed by atoms with E-state index in [9.17, 15) is 5.26 Å². The second-order valence-electron chi connectivity index (χ2n) is 4.57. The summed E-state index contributed by atoms with van der Waals surface area (Å²) < 4.78 is 0.887. The number of nitrogens with zero attached hydrogens (tertiary/aromatic N) is 3. The summed E-state index contributed by atoms with van der Waals surface area (Å²) in [5.41, 5.74) is 1.81. The van der Waals surface area contributed by atoms with Gasteiger partial charge in [-0.1, -0.05) is 13.0 Å². The van der Waals surface area contributed by atoms with Crippen LogP contribution in [0, 0.1) is 11.3 Å². The van der Waals surface area contributed by atoms with Gasteiger partial charge in [-0.25, -0.2) is 0 Å². The lowest BCUT2D eigenvalue weighted by Gasteiger charge is -2.36. The average molecular weight is 308 g/mol. The van der Waals surface area contributed by atoms with Gasteiger partial charge in [-0.05, 0) is 41.0 Å². The van der Waals surface area contributed by atoms with Gasteiger partial charge in [-0.3, -0.25) is 4.90 Å². The van der Waals surface area contributed by atoms with E-state index < -0.39 is 0 Å². The smallest absolute Gasteiger partial charge is 0.103 e. The van der Waals surface area contributed by atoms with Crippen LogP contribution >= 0.6 is 15.9 Å². The van der Waals surface area contributed by atoms with E-state index >= 15 is 0 Å². The molecule has 0 spiro atoms. The molecule has 0 saturated carbocycles. The molecule has 1 aliphatic heterocycles. The summed E-state index contributed by atoms with van der Waals surface area (Å²) in [6.07, 6.45) is 1.21. The molecule has 1 aromatic carbocycles. The van der Waals surface area contributed by atoms with Crippen LogP contribution in [-0.2, 0) is 0 Å². The van der Waals surface area contributed by atoms with Gasteiger partial charge in [0.25, 0.3) is 0 Å². The van der Waals surface area contributed by atoms with E-state index in [1.165, 1.54) is 13.0 Å². The molecule has 1 saturated heterocycles. The van der Waals surface area contributed by atoms with Crippen LogP contribution in [0.4, 0.5) is 5.69 Å². The summed E-state index contributed by atoms with van der Waals surface area (Å²) in [5.74, 6) is 0.